The summed E-state index contributed by atoms with van der Waals surface area (Å²) in [6.45, 7) is 4.00. The summed E-state index contributed by atoms with van der Waals surface area (Å²) in [6.07, 6.45) is 0.950. The van der Waals surface area contributed by atoms with Crippen LogP contribution >= 0.6 is 12.4 Å². The summed E-state index contributed by atoms with van der Waals surface area (Å²) < 4.78 is 17.4. The maximum atomic E-state index is 13.7. The number of fused-ring (bicyclic) bond motifs is 5. The van der Waals surface area contributed by atoms with Crippen LogP contribution in [0.25, 0.3) is 17.1 Å². The third-order valence-electron chi connectivity index (χ3n) is 3.90. The van der Waals surface area contributed by atoms with Crippen molar-refractivity contribution in [2.24, 2.45) is 0 Å². The van der Waals surface area contributed by atoms with Crippen LogP contribution in [0.1, 0.15) is 30.2 Å². The highest BCUT2D eigenvalue weighted by Crippen LogP contribution is 2.32. The summed E-state index contributed by atoms with van der Waals surface area (Å²) in [6, 6.07) is 4.56. The average Bonchev–Trinajstić information content (AvgIpc) is 3.02. The molecule has 4 rings (SSSR count). The van der Waals surface area contributed by atoms with Crippen molar-refractivity contribution in [2.45, 2.75) is 26.5 Å². The van der Waals surface area contributed by atoms with E-state index in [1.807, 2.05) is 11.5 Å². The number of halogens is 2. The molecule has 0 aliphatic carbocycles. The molecule has 8 heteroatoms. The predicted molar refractivity (Wildman–Crippen MR) is 84.3 cm³/mol. The van der Waals surface area contributed by atoms with Gasteiger partial charge in [0.25, 0.3) is 0 Å². The van der Waals surface area contributed by atoms with Crippen LogP contribution in [0.5, 0.6) is 0 Å². The number of aromatic nitrogens is 5. The standard InChI is InChI=1S/C15H14FN5O.ClH/c1-8-13-6-21-15(18-14(19-21)9(2)22)11-5-10(16)3-4-12(11)20(13)7-17-8;/h3-5,7,9,22H,6H2,1-2H3;1H. The minimum Gasteiger partial charge on any atom is -0.385 e. The fraction of sp³-hybridized carbons (Fsp3) is 0.267. The monoisotopic (exact) mass is 335 g/mol. The molecule has 0 amide bonds. The van der Waals surface area contributed by atoms with Gasteiger partial charge in [-0.15, -0.1) is 12.4 Å². The first kappa shape index (κ1) is 15.6. The first-order valence-electron chi connectivity index (χ1n) is 7.00. The third kappa shape index (κ3) is 2.32. The molecule has 1 aliphatic heterocycles. The van der Waals surface area contributed by atoms with Crippen LogP contribution in [-0.4, -0.2) is 29.4 Å². The summed E-state index contributed by atoms with van der Waals surface area (Å²) in [5.74, 6) is 0.538. The Morgan fingerprint density at radius 2 is 2.13 bits per heavy atom. The second-order valence-corrected chi connectivity index (χ2v) is 5.44. The zero-order valence-electron chi connectivity index (χ0n) is 12.6. The van der Waals surface area contributed by atoms with Gasteiger partial charge < -0.3 is 9.67 Å². The van der Waals surface area contributed by atoms with E-state index in [-0.39, 0.29) is 18.2 Å². The summed E-state index contributed by atoms with van der Waals surface area (Å²) in [4.78, 5) is 8.72. The number of aryl methyl sites for hydroxylation is 1. The van der Waals surface area contributed by atoms with Crippen molar-refractivity contribution < 1.29 is 9.50 Å². The van der Waals surface area contributed by atoms with E-state index in [0.717, 1.165) is 17.1 Å². The third-order valence-corrected chi connectivity index (χ3v) is 3.90. The summed E-state index contributed by atoms with van der Waals surface area (Å²) in [5.41, 5.74) is 3.29. The smallest absolute Gasteiger partial charge is 0.179 e. The average molecular weight is 336 g/mol. The number of aliphatic hydroxyl groups excluding tert-OH is 1. The normalized spacial score (nSPS) is 13.4. The maximum Gasteiger partial charge on any atom is 0.179 e. The van der Waals surface area contributed by atoms with Gasteiger partial charge in [0.05, 0.1) is 29.9 Å². The van der Waals surface area contributed by atoms with Gasteiger partial charge in [-0.1, -0.05) is 0 Å². The fourth-order valence-electron chi connectivity index (χ4n) is 2.75. The Morgan fingerprint density at radius 3 is 2.87 bits per heavy atom. The predicted octanol–water partition coefficient (Wildman–Crippen LogP) is 2.42. The van der Waals surface area contributed by atoms with Crippen LogP contribution in [0.4, 0.5) is 4.39 Å². The van der Waals surface area contributed by atoms with Crippen molar-refractivity contribution in [1.29, 1.82) is 0 Å². The Hall–Kier alpha value is -2.25. The first-order valence-corrected chi connectivity index (χ1v) is 7.00. The van der Waals surface area contributed by atoms with Crippen molar-refractivity contribution in [2.75, 3.05) is 0 Å². The van der Waals surface area contributed by atoms with Gasteiger partial charge in [-0.05, 0) is 32.0 Å². The van der Waals surface area contributed by atoms with E-state index in [9.17, 15) is 9.50 Å². The molecule has 1 N–H and O–H groups in total. The maximum absolute atomic E-state index is 13.7. The lowest BCUT2D eigenvalue weighted by Crippen LogP contribution is -2.06. The van der Waals surface area contributed by atoms with Crippen LogP contribution in [0.2, 0.25) is 0 Å². The molecule has 1 aromatic carbocycles. The van der Waals surface area contributed by atoms with E-state index >= 15 is 0 Å². The number of hydrogen-bond donors (Lipinski definition) is 1. The molecule has 0 saturated heterocycles. The molecule has 0 bridgehead atoms. The highest BCUT2D eigenvalue weighted by molar-refractivity contribution is 5.85. The van der Waals surface area contributed by atoms with Crippen molar-refractivity contribution in [3.8, 4) is 17.1 Å². The van der Waals surface area contributed by atoms with Crippen molar-refractivity contribution in [3.05, 3.63) is 47.6 Å². The second-order valence-electron chi connectivity index (χ2n) is 5.44. The van der Waals surface area contributed by atoms with Crippen LogP contribution in [0.3, 0.4) is 0 Å². The number of imidazole rings is 1. The Morgan fingerprint density at radius 1 is 1.35 bits per heavy atom. The summed E-state index contributed by atoms with van der Waals surface area (Å²) in [7, 11) is 0. The molecule has 1 aliphatic rings. The van der Waals surface area contributed by atoms with Crippen LogP contribution in [-0.2, 0) is 6.54 Å². The largest absolute Gasteiger partial charge is 0.385 e. The summed E-state index contributed by atoms with van der Waals surface area (Å²) in [5, 5.41) is 14.1. The Labute approximate surface area is 138 Å². The van der Waals surface area contributed by atoms with Crippen LogP contribution < -0.4 is 0 Å². The fourth-order valence-corrected chi connectivity index (χ4v) is 2.75. The number of rotatable bonds is 1. The van der Waals surface area contributed by atoms with Crippen LogP contribution in [0, 0.1) is 12.7 Å². The Bertz CT molecular complexity index is 886. The molecule has 2 aromatic heterocycles. The van der Waals surface area contributed by atoms with Gasteiger partial charge in [-0.25, -0.2) is 19.0 Å². The second kappa shape index (κ2) is 5.43. The van der Waals surface area contributed by atoms with Gasteiger partial charge in [0.1, 0.15) is 11.9 Å². The molecular formula is C15H15ClFN5O. The minimum absolute atomic E-state index is 0. The van der Waals surface area contributed by atoms with Gasteiger partial charge in [0.2, 0.25) is 0 Å². The zero-order chi connectivity index (χ0) is 15.4. The van der Waals surface area contributed by atoms with Gasteiger partial charge >= 0.3 is 0 Å². The van der Waals surface area contributed by atoms with E-state index < -0.39 is 6.10 Å². The van der Waals surface area contributed by atoms with Crippen molar-refractivity contribution in [3.63, 3.8) is 0 Å². The number of hydrogen-bond acceptors (Lipinski definition) is 4. The molecule has 23 heavy (non-hydrogen) atoms. The van der Waals surface area contributed by atoms with Crippen LogP contribution in [0.15, 0.2) is 24.5 Å². The highest BCUT2D eigenvalue weighted by Gasteiger charge is 2.25. The highest BCUT2D eigenvalue weighted by atomic mass is 35.5. The van der Waals surface area contributed by atoms with E-state index in [4.69, 9.17) is 0 Å². The van der Waals surface area contributed by atoms with Gasteiger partial charge in [-0.2, -0.15) is 5.10 Å². The number of nitrogens with zero attached hydrogens (tertiary/aromatic N) is 5. The molecule has 0 spiro atoms. The molecule has 3 aromatic rings. The number of benzene rings is 1. The summed E-state index contributed by atoms with van der Waals surface area (Å²) >= 11 is 0. The molecule has 0 fully saturated rings. The number of aliphatic hydroxyl groups is 1. The molecule has 0 saturated carbocycles. The SMILES string of the molecule is Cc1ncn2c1Cn1nc(C(C)O)nc1-c1cc(F)ccc1-2.Cl. The Kier molecular flexibility index (Phi) is 3.69. The molecule has 120 valence electrons. The molecule has 0 radical (unpaired) electrons. The quantitative estimate of drug-likeness (QED) is 0.580. The van der Waals surface area contributed by atoms with E-state index in [2.05, 4.69) is 15.1 Å². The topological polar surface area (TPSA) is 68.8 Å². The lowest BCUT2D eigenvalue weighted by atomic mass is 10.1. The molecule has 1 unspecified atom stereocenters. The Balaban J connectivity index is 0.00000156. The van der Waals surface area contributed by atoms with Gasteiger partial charge in [0, 0.05) is 5.56 Å². The molecule has 3 heterocycles. The lowest BCUT2D eigenvalue weighted by molar-refractivity contribution is 0.188. The first-order chi connectivity index (χ1) is 10.5. The minimum atomic E-state index is -0.776. The van der Waals surface area contributed by atoms with Crippen molar-refractivity contribution in [1.82, 2.24) is 24.3 Å². The van der Waals surface area contributed by atoms with E-state index in [0.29, 0.717) is 23.8 Å². The van der Waals surface area contributed by atoms with Crippen molar-refractivity contribution >= 4 is 12.4 Å². The molecule has 6 nitrogen and oxygen atoms in total. The lowest BCUT2D eigenvalue weighted by Gasteiger charge is -2.08. The van der Waals surface area contributed by atoms with E-state index in [1.165, 1.54) is 12.1 Å². The molecule has 1 atom stereocenters. The zero-order valence-corrected chi connectivity index (χ0v) is 13.4. The van der Waals surface area contributed by atoms with E-state index in [1.54, 1.807) is 24.0 Å². The van der Waals surface area contributed by atoms with Gasteiger partial charge in [0.15, 0.2) is 11.6 Å². The molecular weight excluding hydrogens is 321 g/mol. The van der Waals surface area contributed by atoms with Gasteiger partial charge in [-0.3, -0.25) is 0 Å².